The molecule has 0 saturated carbocycles. The average molecular weight is 323 g/mol. The van der Waals surface area contributed by atoms with E-state index in [0.717, 1.165) is 0 Å². The summed E-state index contributed by atoms with van der Waals surface area (Å²) in [4.78, 5) is 11.8. The number of nitrogens with one attached hydrogen (secondary N) is 2. The summed E-state index contributed by atoms with van der Waals surface area (Å²) in [7, 11) is 0. The van der Waals surface area contributed by atoms with Gasteiger partial charge in [-0.2, -0.15) is 11.8 Å². The van der Waals surface area contributed by atoms with Gasteiger partial charge in [0, 0.05) is 11.3 Å². The van der Waals surface area contributed by atoms with Crippen LogP contribution in [0.15, 0.2) is 18.2 Å². The topological polar surface area (TPSA) is 61.4 Å². The summed E-state index contributed by atoms with van der Waals surface area (Å²) >= 11 is 13.3. The van der Waals surface area contributed by atoms with Gasteiger partial charge >= 0.3 is 6.03 Å². The minimum atomic E-state index is -0.385. The van der Waals surface area contributed by atoms with Crippen molar-refractivity contribution in [1.29, 1.82) is 0 Å². The molecular formula is C12H16Cl2N2O2S. The summed E-state index contributed by atoms with van der Waals surface area (Å²) in [6.45, 7) is 1.83. The molecule has 0 aromatic heterocycles. The number of amides is 2. The molecule has 1 rings (SSSR count). The molecule has 3 N–H and O–H groups in total. The molecule has 0 radical (unpaired) electrons. The van der Waals surface area contributed by atoms with Crippen molar-refractivity contribution in [3.8, 4) is 0 Å². The van der Waals surface area contributed by atoms with Crippen LogP contribution >= 0.6 is 35.0 Å². The maximum atomic E-state index is 11.8. The third kappa shape index (κ3) is 4.76. The van der Waals surface area contributed by atoms with E-state index in [1.54, 1.807) is 18.2 Å². The molecule has 1 aromatic rings. The van der Waals surface area contributed by atoms with Crippen LogP contribution in [0.1, 0.15) is 6.92 Å². The van der Waals surface area contributed by atoms with Crippen molar-refractivity contribution in [2.75, 3.05) is 18.2 Å². The highest BCUT2D eigenvalue weighted by Crippen LogP contribution is 2.29. The van der Waals surface area contributed by atoms with E-state index < -0.39 is 0 Å². The van der Waals surface area contributed by atoms with Gasteiger partial charge in [0.2, 0.25) is 0 Å². The largest absolute Gasteiger partial charge is 0.395 e. The fourth-order valence-corrected chi connectivity index (χ4v) is 2.47. The second-order valence-electron chi connectivity index (χ2n) is 3.95. The zero-order chi connectivity index (χ0) is 14.4. The van der Waals surface area contributed by atoms with E-state index in [2.05, 4.69) is 10.6 Å². The Bertz CT molecular complexity index is 442. The summed E-state index contributed by atoms with van der Waals surface area (Å²) in [6, 6.07) is 4.45. The highest BCUT2D eigenvalue weighted by Gasteiger charge is 2.17. The SMILES string of the molecule is CSC(CO)C(C)NC(=O)Nc1cccc(Cl)c1Cl. The first-order chi connectivity index (χ1) is 8.99. The second kappa shape index (κ2) is 7.85. The maximum Gasteiger partial charge on any atom is 0.319 e. The van der Waals surface area contributed by atoms with Crippen molar-refractivity contribution < 1.29 is 9.90 Å². The lowest BCUT2D eigenvalue weighted by molar-refractivity contribution is 0.243. The molecule has 106 valence electrons. The zero-order valence-corrected chi connectivity index (χ0v) is 12.9. The highest BCUT2D eigenvalue weighted by atomic mass is 35.5. The Morgan fingerprint density at radius 1 is 1.47 bits per heavy atom. The molecule has 2 amide bonds. The van der Waals surface area contributed by atoms with Gasteiger partial charge in [0.15, 0.2) is 0 Å². The summed E-state index contributed by atoms with van der Waals surface area (Å²) in [5.41, 5.74) is 0.448. The standard InChI is InChI=1S/C12H16Cl2N2O2S/c1-7(10(6-17)19-2)15-12(18)16-9-5-3-4-8(13)11(9)14/h3-5,7,10,17H,6H2,1-2H3,(H2,15,16,18). The number of benzene rings is 1. The molecule has 0 fully saturated rings. The molecule has 2 atom stereocenters. The minimum absolute atomic E-state index is 0.000530. The van der Waals surface area contributed by atoms with Gasteiger partial charge in [0.1, 0.15) is 0 Å². The van der Waals surface area contributed by atoms with Gasteiger partial charge in [0.25, 0.3) is 0 Å². The molecule has 4 nitrogen and oxygen atoms in total. The smallest absolute Gasteiger partial charge is 0.319 e. The van der Waals surface area contributed by atoms with Gasteiger partial charge in [-0.25, -0.2) is 4.79 Å². The summed E-state index contributed by atoms with van der Waals surface area (Å²) in [5.74, 6) is 0. The number of hydrogen-bond donors (Lipinski definition) is 3. The Kier molecular flexibility index (Phi) is 6.79. The van der Waals surface area contributed by atoms with Crippen LogP contribution in [0.4, 0.5) is 10.5 Å². The van der Waals surface area contributed by atoms with Crippen molar-refractivity contribution in [1.82, 2.24) is 5.32 Å². The molecule has 0 heterocycles. The normalized spacial score (nSPS) is 13.7. The molecule has 0 aliphatic heterocycles. The summed E-state index contributed by atoms with van der Waals surface area (Å²) < 4.78 is 0. The maximum absolute atomic E-state index is 11.8. The Morgan fingerprint density at radius 3 is 2.74 bits per heavy atom. The van der Waals surface area contributed by atoms with Crippen molar-refractivity contribution in [2.45, 2.75) is 18.2 Å². The first-order valence-corrected chi connectivity index (χ1v) is 7.69. The lowest BCUT2D eigenvalue weighted by Gasteiger charge is -2.21. The first-order valence-electron chi connectivity index (χ1n) is 5.64. The van der Waals surface area contributed by atoms with Crippen LogP contribution in [0.25, 0.3) is 0 Å². The number of rotatable bonds is 5. The van der Waals surface area contributed by atoms with Crippen molar-refractivity contribution in [3.63, 3.8) is 0 Å². The van der Waals surface area contributed by atoms with Crippen molar-refractivity contribution >= 4 is 46.7 Å². The van der Waals surface area contributed by atoms with Gasteiger partial charge < -0.3 is 15.7 Å². The molecule has 0 aliphatic carbocycles. The summed E-state index contributed by atoms with van der Waals surface area (Å²) in [5, 5.41) is 15.1. The monoisotopic (exact) mass is 322 g/mol. The van der Waals surface area contributed by atoms with Crippen LogP contribution in [0.2, 0.25) is 10.0 Å². The number of carbonyl (C=O) groups is 1. The predicted molar refractivity (Wildman–Crippen MR) is 82.5 cm³/mol. The number of anilines is 1. The fraction of sp³-hybridized carbons (Fsp3) is 0.417. The number of thioether (sulfide) groups is 1. The van der Waals surface area contributed by atoms with E-state index in [1.807, 2.05) is 13.2 Å². The number of carbonyl (C=O) groups excluding carboxylic acids is 1. The Hall–Kier alpha value is -0.620. The van der Waals surface area contributed by atoms with Crippen LogP contribution < -0.4 is 10.6 Å². The molecule has 1 aromatic carbocycles. The van der Waals surface area contributed by atoms with Gasteiger partial charge in [0.05, 0.1) is 22.3 Å². The van der Waals surface area contributed by atoms with Gasteiger partial charge in [-0.05, 0) is 25.3 Å². The van der Waals surface area contributed by atoms with Crippen molar-refractivity contribution in [2.24, 2.45) is 0 Å². The molecule has 19 heavy (non-hydrogen) atoms. The molecule has 7 heteroatoms. The molecular weight excluding hydrogens is 307 g/mol. The highest BCUT2D eigenvalue weighted by molar-refractivity contribution is 7.99. The molecule has 0 saturated heterocycles. The van der Waals surface area contributed by atoms with Crippen LogP contribution in [-0.4, -0.2) is 35.3 Å². The van der Waals surface area contributed by atoms with Crippen LogP contribution in [0.3, 0.4) is 0 Å². The van der Waals surface area contributed by atoms with Gasteiger partial charge in [-0.3, -0.25) is 0 Å². The van der Waals surface area contributed by atoms with E-state index in [9.17, 15) is 4.79 Å². The molecule has 0 bridgehead atoms. The second-order valence-corrected chi connectivity index (χ2v) is 5.81. The number of aliphatic hydroxyl groups excluding tert-OH is 1. The third-order valence-corrected chi connectivity index (χ3v) is 4.58. The zero-order valence-electron chi connectivity index (χ0n) is 10.6. The van der Waals surface area contributed by atoms with E-state index in [0.29, 0.717) is 15.7 Å². The Labute approximate surface area is 126 Å². The van der Waals surface area contributed by atoms with E-state index in [-0.39, 0.29) is 23.9 Å². The third-order valence-electron chi connectivity index (χ3n) is 2.60. The first kappa shape index (κ1) is 16.4. The van der Waals surface area contributed by atoms with Gasteiger partial charge in [-0.15, -0.1) is 0 Å². The average Bonchev–Trinajstić information content (AvgIpc) is 2.36. The predicted octanol–water partition coefficient (Wildman–Crippen LogP) is 3.23. The fourth-order valence-electron chi connectivity index (χ4n) is 1.50. The number of halogens is 2. The van der Waals surface area contributed by atoms with E-state index >= 15 is 0 Å². The summed E-state index contributed by atoms with van der Waals surface area (Å²) in [6.07, 6.45) is 1.88. The molecule has 2 unspecified atom stereocenters. The van der Waals surface area contributed by atoms with Crippen LogP contribution in [-0.2, 0) is 0 Å². The van der Waals surface area contributed by atoms with Crippen LogP contribution in [0.5, 0.6) is 0 Å². The Balaban J connectivity index is 2.63. The van der Waals surface area contributed by atoms with E-state index in [4.69, 9.17) is 28.3 Å². The number of hydrogen-bond acceptors (Lipinski definition) is 3. The number of aliphatic hydroxyl groups is 1. The van der Waals surface area contributed by atoms with Gasteiger partial charge in [-0.1, -0.05) is 29.3 Å². The lowest BCUT2D eigenvalue weighted by Crippen LogP contribution is -2.43. The molecule has 0 aliphatic rings. The Morgan fingerprint density at radius 2 is 2.16 bits per heavy atom. The van der Waals surface area contributed by atoms with E-state index in [1.165, 1.54) is 11.8 Å². The number of urea groups is 1. The minimum Gasteiger partial charge on any atom is -0.395 e. The van der Waals surface area contributed by atoms with Crippen molar-refractivity contribution in [3.05, 3.63) is 28.2 Å². The quantitative estimate of drug-likeness (QED) is 0.780. The lowest BCUT2D eigenvalue weighted by atomic mass is 10.2. The molecule has 0 spiro atoms. The van der Waals surface area contributed by atoms with Crippen LogP contribution in [0, 0.1) is 0 Å².